The molecule has 166 valence electrons. The highest BCUT2D eigenvalue weighted by molar-refractivity contribution is 5.44. The van der Waals surface area contributed by atoms with Crippen LogP contribution in [-0.4, -0.2) is 47.8 Å². The predicted octanol–water partition coefficient (Wildman–Crippen LogP) is 2.97. The molecule has 1 aromatic heterocycles. The highest BCUT2D eigenvalue weighted by Gasteiger charge is 2.25. The minimum Gasteiger partial charge on any atom is -0.454 e. The first-order valence-corrected chi connectivity index (χ1v) is 11.5. The Morgan fingerprint density at radius 2 is 2.13 bits per heavy atom. The molecule has 7 heteroatoms. The van der Waals surface area contributed by atoms with Gasteiger partial charge in [-0.1, -0.05) is 19.9 Å². The van der Waals surface area contributed by atoms with Crippen molar-refractivity contribution in [2.75, 3.05) is 37.9 Å². The summed E-state index contributed by atoms with van der Waals surface area (Å²) in [6.45, 7) is 9.45. The van der Waals surface area contributed by atoms with Crippen LogP contribution in [0.1, 0.15) is 43.5 Å². The molecule has 3 aliphatic rings. The van der Waals surface area contributed by atoms with E-state index in [4.69, 9.17) is 14.5 Å². The molecule has 2 aromatic rings. The van der Waals surface area contributed by atoms with Crippen LogP contribution in [0.25, 0.3) is 0 Å². The third-order valence-electron chi connectivity index (χ3n) is 6.69. The van der Waals surface area contributed by atoms with Gasteiger partial charge in [0, 0.05) is 38.3 Å². The average Bonchev–Trinajstić information content (AvgIpc) is 3.21. The predicted molar refractivity (Wildman–Crippen MR) is 120 cm³/mol. The standard InChI is InChI=1S/C24H32N4O3/c1-16-4-3-8-28(13-16)24-25-20-14-27(9-7-19(20)23(29)26-24)12-17(2)10-18-5-6-21-22(11-18)31-15-30-21/h5-6,11,16-17H,3-4,7-10,12-15H2,1-2H3,(H,25,26,29). The van der Waals surface area contributed by atoms with E-state index in [-0.39, 0.29) is 5.56 Å². The van der Waals surface area contributed by atoms with Crippen molar-refractivity contribution < 1.29 is 9.47 Å². The summed E-state index contributed by atoms with van der Waals surface area (Å²) in [5.41, 5.74) is 3.14. The Kier molecular flexibility index (Phi) is 5.61. The number of nitrogens with zero attached hydrogens (tertiary/aromatic N) is 3. The van der Waals surface area contributed by atoms with E-state index in [0.717, 1.165) is 80.7 Å². The largest absolute Gasteiger partial charge is 0.454 e. The van der Waals surface area contributed by atoms with E-state index in [9.17, 15) is 4.79 Å². The molecule has 4 heterocycles. The number of piperidine rings is 1. The average molecular weight is 425 g/mol. The summed E-state index contributed by atoms with van der Waals surface area (Å²) in [4.78, 5) is 25.4. The summed E-state index contributed by atoms with van der Waals surface area (Å²) < 4.78 is 10.9. The Morgan fingerprint density at radius 3 is 3.00 bits per heavy atom. The van der Waals surface area contributed by atoms with Gasteiger partial charge in [0.1, 0.15) is 0 Å². The second-order valence-corrected chi connectivity index (χ2v) is 9.49. The maximum Gasteiger partial charge on any atom is 0.255 e. The molecule has 0 bridgehead atoms. The summed E-state index contributed by atoms with van der Waals surface area (Å²) in [5.74, 6) is 3.57. The third-order valence-corrected chi connectivity index (χ3v) is 6.69. The lowest BCUT2D eigenvalue weighted by atomic mass is 9.98. The number of H-pyrrole nitrogens is 1. The van der Waals surface area contributed by atoms with Crippen molar-refractivity contribution in [3.63, 3.8) is 0 Å². The van der Waals surface area contributed by atoms with E-state index in [2.05, 4.69) is 40.8 Å². The molecule has 7 nitrogen and oxygen atoms in total. The van der Waals surface area contributed by atoms with Crippen molar-refractivity contribution >= 4 is 5.95 Å². The van der Waals surface area contributed by atoms with Gasteiger partial charge in [-0.05, 0) is 55.2 Å². The number of benzene rings is 1. The van der Waals surface area contributed by atoms with E-state index in [1.54, 1.807) is 0 Å². The van der Waals surface area contributed by atoms with Gasteiger partial charge in [-0.3, -0.25) is 14.7 Å². The molecule has 1 aromatic carbocycles. The third kappa shape index (κ3) is 4.42. The minimum absolute atomic E-state index is 0.0475. The van der Waals surface area contributed by atoms with Gasteiger partial charge in [-0.2, -0.15) is 0 Å². The smallest absolute Gasteiger partial charge is 0.255 e. The van der Waals surface area contributed by atoms with Crippen molar-refractivity contribution in [1.82, 2.24) is 14.9 Å². The molecule has 3 aliphatic heterocycles. The van der Waals surface area contributed by atoms with Crippen LogP contribution in [0.15, 0.2) is 23.0 Å². The SMILES string of the molecule is CC(Cc1ccc2c(c1)OCO2)CN1CCc2c(nc(N3CCCC(C)C3)[nH]c2=O)C1. The number of hydrogen-bond donors (Lipinski definition) is 1. The number of ether oxygens (including phenoxy) is 2. The zero-order chi connectivity index (χ0) is 21.4. The zero-order valence-electron chi connectivity index (χ0n) is 18.5. The molecular weight excluding hydrogens is 392 g/mol. The van der Waals surface area contributed by atoms with Gasteiger partial charge >= 0.3 is 0 Å². The fourth-order valence-electron chi connectivity index (χ4n) is 5.14. The molecule has 1 saturated heterocycles. The molecule has 0 spiro atoms. The number of fused-ring (bicyclic) bond motifs is 2. The van der Waals surface area contributed by atoms with E-state index in [1.165, 1.54) is 12.0 Å². The lowest BCUT2D eigenvalue weighted by molar-refractivity contribution is 0.174. The molecule has 0 aliphatic carbocycles. The molecule has 5 rings (SSSR count). The van der Waals surface area contributed by atoms with Crippen LogP contribution in [-0.2, 0) is 19.4 Å². The lowest BCUT2D eigenvalue weighted by Crippen LogP contribution is -2.40. The van der Waals surface area contributed by atoms with Gasteiger partial charge in [-0.25, -0.2) is 4.98 Å². The van der Waals surface area contributed by atoms with Crippen LogP contribution in [0.5, 0.6) is 11.5 Å². The molecule has 31 heavy (non-hydrogen) atoms. The van der Waals surface area contributed by atoms with Gasteiger partial charge in [0.15, 0.2) is 11.5 Å². The first-order valence-electron chi connectivity index (χ1n) is 11.5. The molecule has 1 N–H and O–H groups in total. The number of nitrogens with one attached hydrogen (secondary N) is 1. The normalized spacial score (nSPS) is 21.7. The fraction of sp³-hybridized carbons (Fsp3) is 0.583. The summed E-state index contributed by atoms with van der Waals surface area (Å²) in [6, 6.07) is 6.22. The van der Waals surface area contributed by atoms with Crippen molar-refractivity contribution in [1.29, 1.82) is 0 Å². The Balaban J connectivity index is 1.25. The van der Waals surface area contributed by atoms with Crippen molar-refractivity contribution in [2.45, 2.75) is 46.1 Å². The van der Waals surface area contributed by atoms with Crippen LogP contribution in [0, 0.1) is 11.8 Å². The van der Waals surface area contributed by atoms with Crippen LogP contribution < -0.4 is 19.9 Å². The molecular formula is C24H32N4O3. The Morgan fingerprint density at radius 1 is 1.26 bits per heavy atom. The van der Waals surface area contributed by atoms with Crippen LogP contribution in [0.3, 0.4) is 0 Å². The number of aromatic amines is 1. The molecule has 0 radical (unpaired) electrons. The Labute approximate surface area is 183 Å². The maximum absolute atomic E-state index is 12.7. The van der Waals surface area contributed by atoms with E-state index < -0.39 is 0 Å². The summed E-state index contributed by atoms with van der Waals surface area (Å²) in [5, 5.41) is 0. The molecule has 2 unspecified atom stereocenters. The van der Waals surface area contributed by atoms with Gasteiger partial charge in [-0.15, -0.1) is 0 Å². The zero-order valence-corrected chi connectivity index (χ0v) is 18.5. The Hall–Kier alpha value is -2.54. The quantitative estimate of drug-likeness (QED) is 0.796. The summed E-state index contributed by atoms with van der Waals surface area (Å²) in [7, 11) is 0. The topological polar surface area (TPSA) is 70.7 Å². The van der Waals surface area contributed by atoms with Crippen molar-refractivity contribution in [3.8, 4) is 11.5 Å². The van der Waals surface area contributed by atoms with Crippen LogP contribution >= 0.6 is 0 Å². The summed E-state index contributed by atoms with van der Waals surface area (Å²) in [6.07, 6.45) is 4.16. The molecule has 0 amide bonds. The second-order valence-electron chi connectivity index (χ2n) is 9.49. The highest BCUT2D eigenvalue weighted by Crippen LogP contribution is 2.33. The fourth-order valence-corrected chi connectivity index (χ4v) is 5.14. The molecule has 1 fully saturated rings. The molecule has 0 saturated carbocycles. The van der Waals surface area contributed by atoms with E-state index in [1.807, 2.05) is 6.07 Å². The summed E-state index contributed by atoms with van der Waals surface area (Å²) >= 11 is 0. The van der Waals surface area contributed by atoms with E-state index in [0.29, 0.717) is 18.6 Å². The van der Waals surface area contributed by atoms with Gasteiger partial charge < -0.3 is 14.4 Å². The van der Waals surface area contributed by atoms with Gasteiger partial charge in [0.05, 0.1) is 5.69 Å². The van der Waals surface area contributed by atoms with Crippen molar-refractivity contribution in [3.05, 3.63) is 45.4 Å². The van der Waals surface area contributed by atoms with E-state index >= 15 is 0 Å². The Bertz CT molecular complexity index is 1000. The van der Waals surface area contributed by atoms with Crippen LogP contribution in [0.2, 0.25) is 0 Å². The first kappa shape index (κ1) is 20.4. The van der Waals surface area contributed by atoms with Crippen molar-refractivity contribution in [2.24, 2.45) is 11.8 Å². The number of rotatable bonds is 5. The highest BCUT2D eigenvalue weighted by atomic mass is 16.7. The second kappa shape index (κ2) is 8.54. The van der Waals surface area contributed by atoms with Crippen LogP contribution in [0.4, 0.5) is 5.95 Å². The number of anilines is 1. The minimum atomic E-state index is 0.0475. The molecule has 2 atom stereocenters. The number of hydrogen-bond acceptors (Lipinski definition) is 6. The maximum atomic E-state index is 12.7. The number of aromatic nitrogens is 2. The van der Waals surface area contributed by atoms with Gasteiger partial charge in [0.2, 0.25) is 12.7 Å². The monoisotopic (exact) mass is 424 g/mol. The first-order chi connectivity index (χ1) is 15.0. The van der Waals surface area contributed by atoms with Gasteiger partial charge in [0.25, 0.3) is 5.56 Å². The lowest BCUT2D eigenvalue weighted by Gasteiger charge is -2.33.